The van der Waals surface area contributed by atoms with Crippen LogP contribution in [0.15, 0.2) is 119 Å². The van der Waals surface area contributed by atoms with Crippen LogP contribution in [0.25, 0.3) is 17.0 Å². The summed E-state index contributed by atoms with van der Waals surface area (Å²) in [4.78, 5) is 26.6. The van der Waals surface area contributed by atoms with E-state index in [0.717, 1.165) is 27.9 Å². The van der Waals surface area contributed by atoms with Crippen molar-refractivity contribution < 1.29 is 9.59 Å². The van der Waals surface area contributed by atoms with Crippen LogP contribution in [-0.2, 0) is 11.3 Å². The molecule has 2 aromatic heterocycles. The van der Waals surface area contributed by atoms with E-state index >= 15 is 0 Å². The lowest BCUT2D eigenvalue weighted by molar-refractivity contribution is -0.117. The fourth-order valence-corrected chi connectivity index (χ4v) is 4.63. The second-order valence-electron chi connectivity index (χ2n) is 8.31. The van der Waals surface area contributed by atoms with Gasteiger partial charge in [0.25, 0.3) is 11.8 Å². The Kier molecular flexibility index (Phi) is 7.34. The predicted octanol–water partition coefficient (Wildman–Crippen LogP) is 5.67. The number of hydrazone groups is 1. The third-order valence-corrected chi connectivity index (χ3v) is 6.56. The van der Waals surface area contributed by atoms with E-state index in [0.29, 0.717) is 5.56 Å². The van der Waals surface area contributed by atoms with Crippen molar-refractivity contribution in [2.75, 3.05) is 0 Å². The Morgan fingerprint density at radius 2 is 1.59 bits per heavy atom. The van der Waals surface area contributed by atoms with Crippen LogP contribution in [0.1, 0.15) is 26.4 Å². The molecule has 2 heterocycles. The van der Waals surface area contributed by atoms with Crippen LogP contribution in [0.5, 0.6) is 0 Å². The number of aromatic nitrogens is 1. The van der Waals surface area contributed by atoms with Crippen LogP contribution in [0.2, 0.25) is 0 Å². The van der Waals surface area contributed by atoms with Gasteiger partial charge in [-0.25, -0.2) is 5.43 Å². The zero-order chi connectivity index (χ0) is 25.5. The fourth-order valence-electron chi connectivity index (χ4n) is 3.97. The minimum Gasteiger partial charge on any atom is -0.342 e. The second-order valence-corrected chi connectivity index (χ2v) is 9.29. The number of carbonyl (C=O) groups is 2. The number of nitrogens with one attached hydrogen (secondary N) is 2. The number of benzene rings is 3. The van der Waals surface area contributed by atoms with Crippen LogP contribution in [-0.4, -0.2) is 22.6 Å². The van der Waals surface area contributed by atoms with Gasteiger partial charge >= 0.3 is 0 Å². The molecule has 2 N–H and O–H groups in total. The number of hydrogen-bond donors (Lipinski definition) is 2. The molecule has 3 aromatic carbocycles. The number of rotatable bonds is 8. The molecule has 0 saturated heterocycles. The van der Waals surface area contributed by atoms with E-state index in [2.05, 4.69) is 38.6 Å². The van der Waals surface area contributed by atoms with E-state index < -0.39 is 5.91 Å². The summed E-state index contributed by atoms with van der Waals surface area (Å²) in [5.74, 6) is -0.881. The minimum atomic E-state index is -0.512. The van der Waals surface area contributed by atoms with Crippen molar-refractivity contribution in [1.29, 1.82) is 0 Å². The molecule has 0 radical (unpaired) electrons. The Bertz CT molecular complexity index is 1570. The highest BCUT2D eigenvalue weighted by atomic mass is 32.1. The van der Waals surface area contributed by atoms with Gasteiger partial charge in [0.1, 0.15) is 5.70 Å². The molecule has 0 bridgehead atoms. The first kappa shape index (κ1) is 24.0. The summed E-state index contributed by atoms with van der Waals surface area (Å²) >= 11 is 1.47. The Labute approximate surface area is 218 Å². The zero-order valence-corrected chi connectivity index (χ0v) is 20.7. The van der Waals surface area contributed by atoms with Gasteiger partial charge in [-0.3, -0.25) is 9.59 Å². The Hall–Kier alpha value is -4.75. The van der Waals surface area contributed by atoms with E-state index in [9.17, 15) is 9.59 Å². The summed E-state index contributed by atoms with van der Waals surface area (Å²) in [5, 5.41) is 9.87. The van der Waals surface area contributed by atoms with Gasteiger partial charge in [0.15, 0.2) is 0 Å². The molecule has 7 heteroatoms. The summed E-state index contributed by atoms with van der Waals surface area (Å²) in [6.07, 6.45) is 5.29. The fraction of sp³-hybridized carbons (Fsp3) is 0.0333. The van der Waals surface area contributed by atoms with Crippen molar-refractivity contribution in [2.24, 2.45) is 5.10 Å². The molecule has 5 aromatic rings. The van der Waals surface area contributed by atoms with Crippen LogP contribution >= 0.6 is 11.3 Å². The first-order valence-corrected chi connectivity index (χ1v) is 12.6. The highest BCUT2D eigenvalue weighted by molar-refractivity contribution is 7.10. The molecule has 0 spiro atoms. The van der Waals surface area contributed by atoms with Crippen LogP contribution < -0.4 is 10.7 Å². The molecule has 0 aliphatic rings. The normalized spacial score (nSPS) is 11.6. The SMILES string of the molecule is O=C(NN=Cc1cn(Cc2ccccc2)c2ccccc12)C(=Cc1cccs1)NC(=O)c1ccccc1. The van der Waals surface area contributed by atoms with Crippen molar-refractivity contribution in [3.05, 3.63) is 136 Å². The summed E-state index contributed by atoms with van der Waals surface area (Å²) in [7, 11) is 0. The maximum atomic E-state index is 13.0. The number of thiophene rings is 1. The molecule has 0 saturated carbocycles. The first-order chi connectivity index (χ1) is 18.2. The summed E-state index contributed by atoms with van der Waals surface area (Å²) in [6, 6.07) is 30.8. The van der Waals surface area contributed by atoms with E-state index in [1.807, 2.05) is 66.2 Å². The molecule has 2 amide bonds. The lowest BCUT2D eigenvalue weighted by Gasteiger charge is -2.08. The summed E-state index contributed by atoms with van der Waals surface area (Å²) < 4.78 is 2.16. The van der Waals surface area contributed by atoms with Gasteiger partial charge in [-0.05, 0) is 41.3 Å². The Morgan fingerprint density at radius 3 is 2.35 bits per heavy atom. The van der Waals surface area contributed by atoms with Crippen molar-refractivity contribution in [1.82, 2.24) is 15.3 Å². The first-order valence-electron chi connectivity index (χ1n) is 11.7. The maximum absolute atomic E-state index is 13.0. The molecule has 182 valence electrons. The highest BCUT2D eigenvalue weighted by Crippen LogP contribution is 2.21. The number of para-hydroxylation sites is 1. The van der Waals surface area contributed by atoms with Crippen molar-refractivity contribution >= 4 is 46.3 Å². The van der Waals surface area contributed by atoms with Gasteiger partial charge in [0, 0.05) is 39.6 Å². The van der Waals surface area contributed by atoms with E-state index in [1.54, 1.807) is 36.6 Å². The quantitative estimate of drug-likeness (QED) is 0.162. The summed E-state index contributed by atoms with van der Waals surface area (Å²) in [6.45, 7) is 0.723. The lowest BCUT2D eigenvalue weighted by Crippen LogP contribution is -2.32. The molecule has 0 fully saturated rings. The van der Waals surface area contributed by atoms with Crippen LogP contribution in [0.3, 0.4) is 0 Å². The molecule has 0 aliphatic heterocycles. The number of nitrogens with zero attached hydrogens (tertiary/aromatic N) is 2. The average molecular weight is 505 g/mol. The molecule has 6 nitrogen and oxygen atoms in total. The second kappa shape index (κ2) is 11.3. The average Bonchev–Trinajstić information content (AvgIpc) is 3.57. The van der Waals surface area contributed by atoms with Gasteiger partial charge < -0.3 is 9.88 Å². The molecule has 0 atom stereocenters. The summed E-state index contributed by atoms with van der Waals surface area (Å²) in [5.41, 5.74) is 6.29. The van der Waals surface area contributed by atoms with Crippen LogP contribution in [0.4, 0.5) is 0 Å². The van der Waals surface area contributed by atoms with E-state index in [-0.39, 0.29) is 11.6 Å². The maximum Gasteiger partial charge on any atom is 0.287 e. The minimum absolute atomic E-state index is 0.111. The third kappa shape index (κ3) is 5.91. The zero-order valence-electron chi connectivity index (χ0n) is 19.9. The van der Waals surface area contributed by atoms with E-state index in [1.165, 1.54) is 16.9 Å². The highest BCUT2D eigenvalue weighted by Gasteiger charge is 2.15. The standard InChI is InChI=1S/C30H24N4O2S/c35-29(23-12-5-2-6-13-23)32-27(18-25-14-9-17-37-25)30(36)33-31-19-24-21-34(20-22-10-3-1-4-11-22)28-16-8-7-15-26(24)28/h1-19,21H,20H2,(H,32,35)(H,33,36). The van der Waals surface area contributed by atoms with Crippen molar-refractivity contribution in [3.8, 4) is 0 Å². The van der Waals surface area contributed by atoms with E-state index in [4.69, 9.17) is 0 Å². The predicted molar refractivity (Wildman–Crippen MR) is 149 cm³/mol. The molecule has 37 heavy (non-hydrogen) atoms. The smallest absolute Gasteiger partial charge is 0.287 e. The molecule has 0 unspecified atom stereocenters. The van der Waals surface area contributed by atoms with Gasteiger partial charge in [0.05, 0.1) is 6.21 Å². The molecular formula is C30H24N4O2S. The molecule has 0 aliphatic carbocycles. The lowest BCUT2D eigenvalue weighted by atomic mass is 10.2. The number of hydrogen-bond acceptors (Lipinski definition) is 4. The van der Waals surface area contributed by atoms with Crippen molar-refractivity contribution in [3.63, 3.8) is 0 Å². The Balaban J connectivity index is 1.35. The van der Waals surface area contributed by atoms with Crippen molar-refractivity contribution in [2.45, 2.75) is 6.54 Å². The molecular weight excluding hydrogens is 480 g/mol. The van der Waals surface area contributed by atoms with Gasteiger partial charge in [-0.15, -0.1) is 11.3 Å². The third-order valence-electron chi connectivity index (χ3n) is 5.74. The van der Waals surface area contributed by atoms with Crippen LogP contribution in [0, 0.1) is 0 Å². The largest absolute Gasteiger partial charge is 0.342 e. The Morgan fingerprint density at radius 1 is 0.865 bits per heavy atom. The van der Waals surface area contributed by atoms with Gasteiger partial charge in [-0.1, -0.05) is 72.8 Å². The molecule has 5 rings (SSSR count). The number of fused-ring (bicyclic) bond motifs is 1. The van der Waals surface area contributed by atoms with Gasteiger partial charge in [0.2, 0.25) is 0 Å². The van der Waals surface area contributed by atoms with Gasteiger partial charge in [-0.2, -0.15) is 5.10 Å². The number of amides is 2. The topological polar surface area (TPSA) is 75.5 Å². The number of carbonyl (C=O) groups excluding carboxylic acids is 2. The monoisotopic (exact) mass is 504 g/mol.